The highest BCUT2D eigenvalue weighted by molar-refractivity contribution is 5.76. The van der Waals surface area contributed by atoms with Crippen LogP contribution in [0.25, 0.3) is 0 Å². The third kappa shape index (κ3) is 48.1. The Morgan fingerprint density at radius 3 is 1.10 bits per heavy atom. The Kier molecular flexibility index (Phi) is 51.0. The second-order valence-electron chi connectivity index (χ2n) is 19.3. The number of carbonyl (C=O) groups excluding carboxylic acids is 2. The molecule has 62 heavy (non-hydrogen) atoms. The van der Waals surface area contributed by atoms with E-state index in [9.17, 15) is 19.8 Å². The molecule has 2 atom stereocenters. The molecule has 0 spiro atoms. The zero-order chi connectivity index (χ0) is 45.1. The molecule has 1 amide bonds. The predicted octanol–water partition coefficient (Wildman–Crippen LogP) is 16.9. The van der Waals surface area contributed by atoms with Crippen LogP contribution in [-0.4, -0.2) is 47.4 Å². The summed E-state index contributed by atoms with van der Waals surface area (Å²) in [6.45, 7) is 4.86. The summed E-state index contributed by atoms with van der Waals surface area (Å²) >= 11 is 0. The second-order valence-corrected chi connectivity index (χ2v) is 19.3. The Labute approximate surface area is 387 Å². The number of ether oxygens (including phenoxy) is 1. The van der Waals surface area contributed by atoms with E-state index in [2.05, 4.69) is 19.2 Å². The minimum Gasteiger partial charge on any atom is -0.466 e. The zero-order valence-electron chi connectivity index (χ0n) is 41.9. The maximum absolute atomic E-state index is 12.5. The summed E-state index contributed by atoms with van der Waals surface area (Å²) in [5.74, 6) is -0.114. The fourth-order valence-electron chi connectivity index (χ4n) is 8.75. The van der Waals surface area contributed by atoms with E-state index >= 15 is 0 Å². The smallest absolute Gasteiger partial charge is 0.305 e. The monoisotopic (exact) mass is 876 g/mol. The van der Waals surface area contributed by atoms with Crippen molar-refractivity contribution in [3.63, 3.8) is 0 Å². The highest BCUT2D eigenvalue weighted by atomic mass is 16.5. The van der Waals surface area contributed by atoms with E-state index in [4.69, 9.17) is 4.74 Å². The fourth-order valence-corrected chi connectivity index (χ4v) is 8.75. The van der Waals surface area contributed by atoms with Crippen LogP contribution in [-0.2, 0) is 14.3 Å². The number of hydrogen-bond acceptors (Lipinski definition) is 5. The number of allylic oxidation sites excluding steroid dienone is 1. The molecular formula is C56H109NO5. The first-order valence-electron chi connectivity index (χ1n) is 28.0. The molecule has 3 N–H and O–H groups in total. The number of rotatable bonds is 52. The molecule has 0 radical (unpaired) electrons. The molecule has 0 aliphatic heterocycles. The van der Waals surface area contributed by atoms with Crippen molar-refractivity contribution in [2.75, 3.05) is 13.2 Å². The first-order chi connectivity index (χ1) is 30.5. The van der Waals surface area contributed by atoms with Crippen molar-refractivity contribution in [3.05, 3.63) is 12.2 Å². The first kappa shape index (κ1) is 60.6. The highest BCUT2D eigenvalue weighted by Gasteiger charge is 2.18. The number of carbonyl (C=O) groups is 2. The Bertz CT molecular complexity index is 924. The Hall–Kier alpha value is -1.40. The van der Waals surface area contributed by atoms with Gasteiger partial charge in [0.05, 0.1) is 25.4 Å². The molecule has 368 valence electrons. The number of nitrogens with one attached hydrogen (secondary N) is 1. The van der Waals surface area contributed by atoms with Crippen LogP contribution in [0, 0.1) is 0 Å². The van der Waals surface area contributed by atoms with Crippen molar-refractivity contribution < 1.29 is 24.5 Å². The SMILES string of the molecule is CCCCCCCCCCCCCCCCCC/C=C/C(O)C(CO)NC(=O)CCCCCCCCCCCOC(=O)CCCCCCCCCCCCCCCCCCCC. The summed E-state index contributed by atoms with van der Waals surface area (Å²) in [6, 6.07) is -0.647. The minimum absolute atomic E-state index is 0.0223. The number of aliphatic hydroxyl groups is 2. The zero-order valence-corrected chi connectivity index (χ0v) is 41.9. The Morgan fingerprint density at radius 1 is 0.435 bits per heavy atom. The minimum atomic E-state index is -0.861. The molecule has 0 aliphatic carbocycles. The Morgan fingerprint density at radius 2 is 0.742 bits per heavy atom. The van der Waals surface area contributed by atoms with Crippen LogP contribution in [0.3, 0.4) is 0 Å². The standard InChI is InChI=1S/C56H109NO5/c1-3-5-7-9-11-13-15-17-19-21-23-25-27-29-32-36-40-44-48-54(59)53(52-58)57-55(60)49-45-41-37-33-31-35-39-43-47-51-62-56(61)50-46-42-38-34-30-28-26-24-22-20-18-16-14-12-10-8-6-4-2/h44,48,53-54,58-59H,3-43,45-47,49-52H2,1-2H3,(H,57,60)/b48-44+. The van der Waals surface area contributed by atoms with Crippen molar-refractivity contribution in [1.29, 1.82) is 0 Å². The van der Waals surface area contributed by atoms with Crippen LogP contribution < -0.4 is 5.32 Å². The molecular weight excluding hydrogens is 767 g/mol. The van der Waals surface area contributed by atoms with Gasteiger partial charge in [-0.1, -0.05) is 276 Å². The number of aliphatic hydroxyl groups excluding tert-OH is 2. The van der Waals surface area contributed by atoms with Crippen molar-refractivity contribution in [2.24, 2.45) is 0 Å². The number of amides is 1. The second kappa shape index (κ2) is 52.2. The van der Waals surface area contributed by atoms with Gasteiger partial charge in [0, 0.05) is 12.8 Å². The largest absolute Gasteiger partial charge is 0.466 e. The molecule has 2 unspecified atom stereocenters. The normalized spacial score (nSPS) is 12.6. The summed E-state index contributed by atoms with van der Waals surface area (Å²) in [4.78, 5) is 24.5. The van der Waals surface area contributed by atoms with E-state index in [1.165, 1.54) is 225 Å². The van der Waals surface area contributed by atoms with Gasteiger partial charge >= 0.3 is 5.97 Å². The van der Waals surface area contributed by atoms with Crippen LogP contribution in [0.4, 0.5) is 0 Å². The van der Waals surface area contributed by atoms with E-state index in [-0.39, 0.29) is 18.5 Å². The van der Waals surface area contributed by atoms with E-state index < -0.39 is 12.1 Å². The van der Waals surface area contributed by atoms with Gasteiger partial charge in [-0.25, -0.2) is 0 Å². The summed E-state index contributed by atoms with van der Waals surface area (Å²) in [5.41, 5.74) is 0. The maximum Gasteiger partial charge on any atom is 0.305 e. The summed E-state index contributed by atoms with van der Waals surface area (Å²) in [7, 11) is 0. The molecule has 0 saturated carbocycles. The van der Waals surface area contributed by atoms with Crippen molar-refractivity contribution in [3.8, 4) is 0 Å². The van der Waals surface area contributed by atoms with Crippen LogP contribution >= 0.6 is 0 Å². The van der Waals surface area contributed by atoms with Gasteiger partial charge in [0.1, 0.15) is 0 Å². The lowest BCUT2D eigenvalue weighted by atomic mass is 10.0. The molecule has 0 saturated heterocycles. The first-order valence-corrected chi connectivity index (χ1v) is 28.0. The van der Waals surface area contributed by atoms with E-state index in [0.29, 0.717) is 19.4 Å². The van der Waals surface area contributed by atoms with Gasteiger partial charge in [0.25, 0.3) is 0 Å². The summed E-state index contributed by atoms with van der Waals surface area (Å²) < 4.78 is 5.47. The Balaban J connectivity index is 3.49. The summed E-state index contributed by atoms with van der Waals surface area (Å²) in [6.07, 6.45) is 60.8. The molecule has 0 bridgehead atoms. The average molecular weight is 876 g/mol. The lowest BCUT2D eigenvalue weighted by Gasteiger charge is -2.20. The third-order valence-corrected chi connectivity index (χ3v) is 13.1. The van der Waals surface area contributed by atoms with Gasteiger partial charge in [-0.2, -0.15) is 0 Å². The van der Waals surface area contributed by atoms with Gasteiger partial charge in [0.15, 0.2) is 0 Å². The molecule has 6 heteroatoms. The van der Waals surface area contributed by atoms with Crippen molar-refractivity contribution >= 4 is 11.9 Å². The van der Waals surface area contributed by atoms with E-state index in [1.807, 2.05) is 6.08 Å². The van der Waals surface area contributed by atoms with E-state index in [1.54, 1.807) is 6.08 Å². The molecule has 6 nitrogen and oxygen atoms in total. The van der Waals surface area contributed by atoms with Gasteiger partial charge in [-0.05, 0) is 32.1 Å². The molecule has 0 rings (SSSR count). The topological polar surface area (TPSA) is 95.9 Å². The predicted molar refractivity (Wildman–Crippen MR) is 269 cm³/mol. The molecule has 0 aromatic heterocycles. The van der Waals surface area contributed by atoms with Gasteiger partial charge < -0.3 is 20.3 Å². The lowest BCUT2D eigenvalue weighted by Crippen LogP contribution is -2.45. The maximum atomic E-state index is 12.5. The fraction of sp³-hybridized carbons (Fsp3) is 0.929. The van der Waals surface area contributed by atoms with Crippen LogP contribution in [0.1, 0.15) is 309 Å². The molecule has 0 heterocycles. The molecule has 0 aliphatic rings. The van der Waals surface area contributed by atoms with Crippen LogP contribution in [0.5, 0.6) is 0 Å². The third-order valence-electron chi connectivity index (χ3n) is 13.1. The molecule has 0 aromatic carbocycles. The quantitative estimate of drug-likeness (QED) is 0.0321. The van der Waals surface area contributed by atoms with Gasteiger partial charge in [-0.15, -0.1) is 0 Å². The average Bonchev–Trinajstić information content (AvgIpc) is 3.27. The van der Waals surface area contributed by atoms with Gasteiger partial charge in [0.2, 0.25) is 5.91 Å². The van der Waals surface area contributed by atoms with E-state index in [0.717, 1.165) is 57.8 Å². The summed E-state index contributed by atoms with van der Waals surface area (Å²) in [5, 5.41) is 23.1. The van der Waals surface area contributed by atoms with Crippen molar-refractivity contribution in [1.82, 2.24) is 5.32 Å². The van der Waals surface area contributed by atoms with Crippen molar-refractivity contribution in [2.45, 2.75) is 321 Å². The molecule has 0 fully saturated rings. The van der Waals surface area contributed by atoms with Crippen LogP contribution in [0.2, 0.25) is 0 Å². The number of unbranched alkanes of at least 4 members (excludes halogenated alkanes) is 41. The number of hydrogen-bond donors (Lipinski definition) is 3. The van der Waals surface area contributed by atoms with Crippen LogP contribution in [0.15, 0.2) is 12.2 Å². The molecule has 0 aromatic rings. The number of esters is 1. The highest BCUT2D eigenvalue weighted by Crippen LogP contribution is 2.17. The van der Waals surface area contributed by atoms with Gasteiger partial charge in [-0.3, -0.25) is 9.59 Å². The lowest BCUT2D eigenvalue weighted by molar-refractivity contribution is -0.143.